The van der Waals surface area contributed by atoms with Crippen LogP contribution in [0.15, 0.2) is 24.3 Å². The Morgan fingerprint density at radius 2 is 2.21 bits per heavy atom. The number of nitrogens with zero attached hydrogens (tertiary/aromatic N) is 3. The van der Waals surface area contributed by atoms with Gasteiger partial charge in [0.2, 0.25) is 0 Å². The average Bonchev–Trinajstić information content (AvgIpc) is 2.69. The van der Waals surface area contributed by atoms with Crippen LogP contribution in [0, 0.1) is 17.1 Å². The Balaban J connectivity index is 2.36. The standard InChI is InChI=1S/C13H13FN4O/c1-19-8-12-10(6-15)13(16)18(17-12)7-9-4-2-3-5-11(9)14/h2-5H,7-8,16H2,1H3. The molecular formula is C13H13FN4O. The van der Waals surface area contributed by atoms with Gasteiger partial charge in [-0.05, 0) is 6.07 Å². The third-order valence-electron chi connectivity index (χ3n) is 2.74. The highest BCUT2D eigenvalue weighted by Crippen LogP contribution is 2.18. The van der Waals surface area contributed by atoms with Gasteiger partial charge in [0.25, 0.3) is 0 Å². The van der Waals surface area contributed by atoms with Crippen molar-refractivity contribution in [2.75, 3.05) is 12.8 Å². The van der Waals surface area contributed by atoms with Gasteiger partial charge in [0.15, 0.2) is 0 Å². The highest BCUT2D eigenvalue weighted by atomic mass is 19.1. The lowest BCUT2D eigenvalue weighted by molar-refractivity contribution is 0.180. The van der Waals surface area contributed by atoms with Crippen molar-refractivity contribution in [3.8, 4) is 6.07 Å². The lowest BCUT2D eigenvalue weighted by Gasteiger charge is -2.05. The number of nitriles is 1. The van der Waals surface area contributed by atoms with Crippen molar-refractivity contribution in [2.45, 2.75) is 13.2 Å². The number of methoxy groups -OCH3 is 1. The van der Waals surface area contributed by atoms with E-state index in [0.717, 1.165) is 0 Å². The fraction of sp³-hybridized carbons (Fsp3) is 0.231. The van der Waals surface area contributed by atoms with Gasteiger partial charge in [-0.1, -0.05) is 18.2 Å². The first-order valence-corrected chi connectivity index (χ1v) is 5.65. The van der Waals surface area contributed by atoms with Gasteiger partial charge in [-0.25, -0.2) is 9.07 Å². The molecule has 1 aromatic heterocycles. The lowest BCUT2D eigenvalue weighted by Crippen LogP contribution is -2.07. The van der Waals surface area contributed by atoms with Crippen LogP contribution in [-0.2, 0) is 17.9 Å². The number of anilines is 1. The quantitative estimate of drug-likeness (QED) is 0.907. The lowest BCUT2D eigenvalue weighted by atomic mass is 10.2. The Kier molecular flexibility index (Phi) is 3.78. The summed E-state index contributed by atoms with van der Waals surface area (Å²) in [5.74, 6) is -0.109. The van der Waals surface area contributed by atoms with Crippen LogP contribution in [0.25, 0.3) is 0 Å². The molecule has 2 aromatic rings. The minimum Gasteiger partial charge on any atom is -0.383 e. The molecule has 98 valence electrons. The van der Waals surface area contributed by atoms with Crippen molar-refractivity contribution in [1.82, 2.24) is 9.78 Å². The molecule has 0 fully saturated rings. The van der Waals surface area contributed by atoms with Gasteiger partial charge in [0.05, 0.1) is 13.2 Å². The Morgan fingerprint density at radius 1 is 1.47 bits per heavy atom. The number of ether oxygens (including phenoxy) is 1. The van der Waals surface area contributed by atoms with E-state index in [2.05, 4.69) is 5.10 Å². The Morgan fingerprint density at radius 3 is 2.84 bits per heavy atom. The summed E-state index contributed by atoms with van der Waals surface area (Å²) in [5, 5.41) is 13.2. The second kappa shape index (κ2) is 5.50. The van der Waals surface area contributed by atoms with Crippen molar-refractivity contribution >= 4 is 5.82 Å². The molecule has 0 unspecified atom stereocenters. The van der Waals surface area contributed by atoms with E-state index >= 15 is 0 Å². The fourth-order valence-electron chi connectivity index (χ4n) is 1.79. The number of nitrogen functional groups attached to an aromatic ring is 1. The van der Waals surface area contributed by atoms with Crippen LogP contribution in [-0.4, -0.2) is 16.9 Å². The Hall–Kier alpha value is -2.39. The summed E-state index contributed by atoms with van der Waals surface area (Å²) in [6.45, 7) is 0.369. The molecule has 0 bridgehead atoms. The van der Waals surface area contributed by atoms with Crippen molar-refractivity contribution in [3.63, 3.8) is 0 Å². The summed E-state index contributed by atoms with van der Waals surface area (Å²) in [7, 11) is 1.51. The van der Waals surface area contributed by atoms with Crippen molar-refractivity contribution in [2.24, 2.45) is 0 Å². The number of halogens is 1. The summed E-state index contributed by atoms with van der Waals surface area (Å²) in [6.07, 6.45) is 0. The normalized spacial score (nSPS) is 10.4. The smallest absolute Gasteiger partial charge is 0.140 e. The van der Waals surface area contributed by atoms with Crippen LogP contribution < -0.4 is 5.73 Å². The van der Waals surface area contributed by atoms with Gasteiger partial charge in [0.1, 0.15) is 29.0 Å². The molecule has 1 heterocycles. The topological polar surface area (TPSA) is 76.9 Å². The zero-order valence-electron chi connectivity index (χ0n) is 10.4. The molecule has 2 N–H and O–H groups in total. The number of rotatable bonds is 4. The number of benzene rings is 1. The summed E-state index contributed by atoms with van der Waals surface area (Å²) in [4.78, 5) is 0. The van der Waals surface area contributed by atoms with Gasteiger partial charge >= 0.3 is 0 Å². The molecule has 0 aliphatic carbocycles. The predicted molar refractivity (Wildman–Crippen MR) is 67.6 cm³/mol. The van der Waals surface area contributed by atoms with Crippen molar-refractivity contribution in [3.05, 3.63) is 46.9 Å². The average molecular weight is 260 g/mol. The molecule has 0 amide bonds. The Labute approximate surface area is 110 Å². The van der Waals surface area contributed by atoms with Crippen LogP contribution in [0.5, 0.6) is 0 Å². The van der Waals surface area contributed by atoms with E-state index in [1.807, 2.05) is 6.07 Å². The molecule has 1 aromatic carbocycles. The second-order valence-electron chi connectivity index (χ2n) is 4.00. The summed E-state index contributed by atoms with van der Waals surface area (Å²) < 4.78 is 19.9. The van der Waals surface area contributed by atoms with E-state index in [1.165, 1.54) is 17.9 Å². The van der Waals surface area contributed by atoms with Crippen LogP contribution in [0.4, 0.5) is 10.2 Å². The van der Waals surface area contributed by atoms with Gasteiger partial charge in [-0.15, -0.1) is 0 Å². The molecule has 5 nitrogen and oxygen atoms in total. The summed E-state index contributed by atoms with van der Waals surface area (Å²) in [5.41, 5.74) is 7.04. The molecule has 6 heteroatoms. The van der Waals surface area contributed by atoms with Crippen LogP contribution in [0.3, 0.4) is 0 Å². The molecule has 0 saturated carbocycles. The van der Waals surface area contributed by atoms with Crippen molar-refractivity contribution in [1.29, 1.82) is 5.26 Å². The third kappa shape index (κ3) is 2.56. The fourth-order valence-corrected chi connectivity index (χ4v) is 1.79. The SMILES string of the molecule is COCc1nn(Cc2ccccc2F)c(N)c1C#N. The first kappa shape index (κ1) is 13.1. The maximum absolute atomic E-state index is 13.6. The molecule has 19 heavy (non-hydrogen) atoms. The molecule has 0 spiro atoms. The maximum Gasteiger partial charge on any atom is 0.140 e. The van der Waals surface area contributed by atoms with Gasteiger partial charge in [0, 0.05) is 12.7 Å². The molecular weight excluding hydrogens is 247 g/mol. The van der Waals surface area contributed by atoms with E-state index < -0.39 is 0 Å². The molecule has 2 rings (SSSR count). The summed E-state index contributed by atoms with van der Waals surface area (Å²) in [6, 6.07) is 8.36. The van der Waals surface area contributed by atoms with E-state index in [9.17, 15) is 4.39 Å². The van der Waals surface area contributed by atoms with E-state index in [0.29, 0.717) is 11.3 Å². The van der Waals surface area contributed by atoms with Gasteiger partial charge in [-0.2, -0.15) is 10.4 Å². The highest BCUT2D eigenvalue weighted by molar-refractivity contribution is 5.52. The van der Waals surface area contributed by atoms with E-state index in [-0.39, 0.29) is 30.4 Å². The maximum atomic E-state index is 13.6. The molecule has 0 radical (unpaired) electrons. The van der Waals surface area contributed by atoms with Gasteiger partial charge in [-0.3, -0.25) is 0 Å². The monoisotopic (exact) mass is 260 g/mol. The minimum atomic E-state index is -0.329. The van der Waals surface area contributed by atoms with E-state index in [4.69, 9.17) is 15.7 Å². The van der Waals surface area contributed by atoms with Gasteiger partial charge < -0.3 is 10.5 Å². The second-order valence-corrected chi connectivity index (χ2v) is 4.00. The zero-order valence-corrected chi connectivity index (χ0v) is 10.4. The number of aromatic nitrogens is 2. The number of nitrogens with two attached hydrogens (primary N) is 1. The van der Waals surface area contributed by atoms with Crippen LogP contribution in [0.2, 0.25) is 0 Å². The predicted octanol–water partition coefficient (Wildman–Crippen LogP) is 1.67. The van der Waals surface area contributed by atoms with E-state index in [1.54, 1.807) is 18.2 Å². The molecule has 0 saturated heterocycles. The largest absolute Gasteiger partial charge is 0.383 e. The number of hydrogen-bond donors (Lipinski definition) is 1. The molecule has 0 aliphatic rings. The first-order valence-electron chi connectivity index (χ1n) is 5.65. The van der Waals surface area contributed by atoms with Crippen LogP contribution >= 0.6 is 0 Å². The third-order valence-corrected chi connectivity index (χ3v) is 2.74. The van der Waals surface area contributed by atoms with Crippen molar-refractivity contribution < 1.29 is 9.13 Å². The molecule has 0 atom stereocenters. The Bertz CT molecular complexity index is 630. The number of hydrogen-bond acceptors (Lipinski definition) is 4. The highest BCUT2D eigenvalue weighted by Gasteiger charge is 2.16. The summed E-state index contributed by atoms with van der Waals surface area (Å²) >= 11 is 0. The molecule has 0 aliphatic heterocycles. The van der Waals surface area contributed by atoms with Crippen LogP contribution in [0.1, 0.15) is 16.8 Å². The first-order chi connectivity index (χ1) is 9.17. The minimum absolute atomic E-state index is 0.177. The zero-order chi connectivity index (χ0) is 13.8.